The van der Waals surface area contributed by atoms with E-state index >= 15 is 0 Å². The molecule has 7 nitrogen and oxygen atoms in total. The Balaban J connectivity index is 1.90. The summed E-state index contributed by atoms with van der Waals surface area (Å²) < 4.78 is 17.9. The smallest absolute Gasteiger partial charge is 0.326 e. The van der Waals surface area contributed by atoms with Crippen molar-refractivity contribution < 1.29 is 28.3 Å². The summed E-state index contributed by atoms with van der Waals surface area (Å²) in [5.74, 6) is -2.54. The molecule has 1 aromatic rings. The topological polar surface area (TPSA) is 92.8 Å². The number of ketones is 1. The van der Waals surface area contributed by atoms with Crippen LogP contribution < -0.4 is 5.32 Å². The lowest BCUT2D eigenvalue weighted by Crippen LogP contribution is -2.44. The van der Waals surface area contributed by atoms with E-state index in [9.17, 15) is 23.6 Å². The van der Waals surface area contributed by atoms with Gasteiger partial charge in [-0.1, -0.05) is 31.9 Å². The number of ether oxygens (including phenoxy) is 1. The zero-order chi connectivity index (χ0) is 19.3. The second-order valence-electron chi connectivity index (χ2n) is 6.35. The lowest BCUT2D eigenvalue weighted by atomic mass is 9.95. The highest BCUT2D eigenvalue weighted by Crippen LogP contribution is 2.23. The fourth-order valence-electron chi connectivity index (χ4n) is 2.66. The summed E-state index contributed by atoms with van der Waals surface area (Å²) in [6.07, 6.45) is 2.09. The largest absolute Gasteiger partial charge is 0.456 e. The number of unbranched alkanes of at least 4 members (excludes halogenated alkanes) is 1. The molecule has 0 unspecified atom stereocenters. The summed E-state index contributed by atoms with van der Waals surface area (Å²) in [5.41, 5.74) is -0.968. The van der Waals surface area contributed by atoms with Crippen molar-refractivity contribution in [3.8, 4) is 0 Å². The number of esters is 1. The van der Waals surface area contributed by atoms with Gasteiger partial charge in [0.1, 0.15) is 17.9 Å². The van der Waals surface area contributed by atoms with Crippen LogP contribution in [0.15, 0.2) is 24.3 Å². The Hall–Kier alpha value is -2.77. The van der Waals surface area contributed by atoms with Gasteiger partial charge in [0.05, 0.1) is 0 Å². The van der Waals surface area contributed by atoms with Crippen molar-refractivity contribution in [1.29, 1.82) is 0 Å². The second kappa shape index (κ2) is 8.07. The standard InChI is InChI=1S/C18H21FN2O5/c1-3-4-8-18(2)16(24)21(17(25)20-18)10-15(23)26-11-14(22)12-6-5-7-13(19)9-12/h5-7,9H,3-4,8,10-11H2,1-2H3,(H,20,25)/t18-/m1/s1. The highest BCUT2D eigenvalue weighted by molar-refractivity contribution is 6.08. The number of amides is 3. The quantitative estimate of drug-likeness (QED) is 0.433. The molecule has 2 rings (SSSR count). The molecule has 1 aliphatic rings. The first-order valence-corrected chi connectivity index (χ1v) is 8.35. The molecule has 0 aromatic heterocycles. The summed E-state index contributed by atoms with van der Waals surface area (Å²) in [6.45, 7) is 2.40. The molecule has 1 heterocycles. The SMILES string of the molecule is CCCC[C@@]1(C)NC(=O)N(CC(=O)OCC(=O)c2cccc(F)c2)C1=O. The molecular formula is C18H21FN2O5. The number of nitrogens with one attached hydrogen (secondary N) is 1. The Morgan fingerprint density at radius 3 is 2.69 bits per heavy atom. The lowest BCUT2D eigenvalue weighted by Gasteiger charge is -2.21. The number of hydrogen-bond acceptors (Lipinski definition) is 5. The Bertz CT molecular complexity index is 736. The first-order valence-electron chi connectivity index (χ1n) is 8.35. The molecule has 1 aliphatic heterocycles. The molecule has 1 saturated heterocycles. The van der Waals surface area contributed by atoms with Crippen molar-refractivity contribution in [2.24, 2.45) is 0 Å². The Labute approximate surface area is 150 Å². The molecule has 0 spiro atoms. The predicted molar refractivity (Wildman–Crippen MR) is 89.9 cm³/mol. The van der Waals surface area contributed by atoms with Gasteiger partial charge in [0.15, 0.2) is 12.4 Å². The second-order valence-corrected chi connectivity index (χ2v) is 6.35. The third-order valence-corrected chi connectivity index (χ3v) is 4.17. The maximum absolute atomic E-state index is 13.1. The van der Waals surface area contributed by atoms with E-state index in [1.807, 2.05) is 6.92 Å². The van der Waals surface area contributed by atoms with Gasteiger partial charge in [0.2, 0.25) is 0 Å². The number of carbonyl (C=O) groups excluding carboxylic acids is 4. The Kier molecular flexibility index (Phi) is 6.07. The molecule has 1 N–H and O–H groups in total. The number of nitrogens with zero attached hydrogens (tertiary/aromatic N) is 1. The summed E-state index contributed by atoms with van der Waals surface area (Å²) in [4.78, 5) is 48.9. The van der Waals surface area contributed by atoms with Crippen LogP contribution in [0.5, 0.6) is 0 Å². The number of halogens is 1. The van der Waals surface area contributed by atoms with E-state index in [0.29, 0.717) is 6.42 Å². The predicted octanol–water partition coefficient (Wildman–Crippen LogP) is 2.05. The Morgan fingerprint density at radius 2 is 2.04 bits per heavy atom. The van der Waals surface area contributed by atoms with Gasteiger partial charge in [-0.05, 0) is 25.5 Å². The first kappa shape index (κ1) is 19.6. The third kappa shape index (κ3) is 4.44. The van der Waals surface area contributed by atoms with Crippen molar-refractivity contribution >= 4 is 23.7 Å². The van der Waals surface area contributed by atoms with Crippen LogP contribution in [-0.4, -0.2) is 47.3 Å². The lowest BCUT2D eigenvalue weighted by molar-refractivity contribution is -0.146. The molecule has 140 valence electrons. The molecule has 8 heteroatoms. The zero-order valence-corrected chi connectivity index (χ0v) is 14.7. The minimum atomic E-state index is -1.04. The average molecular weight is 364 g/mol. The van der Waals surface area contributed by atoms with E-state index in [4.69, 9.17) is 4.74 Å². The van der Waals surface area contributed by atoms with Crippen LogP contribution in [0.1, 0.15) is 43.5 Å². The first-order chi connectivity index (χ1) is 12.3. The van der Waals surface area contributed by atoms with E-state index in [1.165, 1.54) is 18.2 Å². The normalized spacial score (nSPS) is 19.4. The summed E-state index contributed by atoms with van der Waals surface area (Å²) in [5, 5.41) is 2.59. The van der Waals surface area contributed by atoms with Crippen molar-refractivity contribution in [1.82, 2.24) is 10.2 Å². The monoisotopic (exact) mass is 364 g/mol. The van der Waals surface area contributed by atoms with Gasteiger partial charge in [-0.2, -0.15) is 0 Å². The number of imide groups is 1. The molecule has 0 radical (unpaired) electrons. The summed E-state index contributed by atoms with van der Waals surface area (Å²) in [6, 6.07) is 4.33. The van der Waals surface area contributed by atoms with Crippen molar-refractivity contribution in [3.05, 3.63) is 35.6 Å². The van der Waals surface area contributed by atoms with Gasteiger partial charge in [-0.3, -0.25) is 19.3 Å². The van der Waals surface area contributed by atoms with Crippen molar-refractivity contribution in [2.45, 2.75) is 38.6 Å². The van der Waals surface area contributed by atoms with E-state index < -0.39 is 48.2 Å². The molecule has 0 aliphatic carbocycles. The minimum absolute atomic E-state index is 0.0694. The van der Waals surface area contributed by atoms with Gasteiger partial charge in [0.25, 0.3) is 5.91 Å². The summed E-state index contributed by atoms with van der Waals surface area (Å²) in [7, 11) is 0. The molecule has 1 aromatic carbocycles. The number of rotatable bonds is 8. The number of hydrogen-bond donors (Lipinski definition) is 1. The maximum atomic E-state index is 13.1. The molecule has 26 heavy (non-hydrogen) atoms. The highest BCUT2D eigenvalue weighted by Gasteiger charge is 2.47. The molecule has 1 atom stereocenters. The number of urea groups is 1. The van der Waals surface area contributed by atoms with E-state index in [1.54, 1.807) is 6.92 Å². The van der Waals surface area contributed by atoms with Gasteiger partial charge >= 0.3 is 12.0 Å². The van der Waals surface area contributed by atoms with Crippen LogP contribution >= 0.6 is 0 Å². The summed E-state index contributed by atoms with van der Waals surface area (Å²) >= 11 is 0. The van der Waals surface area contributed by atoms with Gasteiger partial charge in [-0.25, -0.2) is 9.18 Å². The highest BCUT2D eigenvalue weighted by atomic mass is 19.1. The van der Waals surface area contributed by atoms with Crippen molar-refractivity contribution in [2.75, 3.05) is 13.2 Å². The van der Waals surface area contributed by atoms with Crippen LogP contribution in [0.25, 0.3) is 0 Å². The third-order valence-electron chi connectivity index (χ3n) is 4.17. The van der Waals surface area contributed by atoms with E-state index in [-0.39, 0.29) is 5.56 Å². The fourth-order valence-corrected chi connectivity index (χ4v) is 2.66. The van der Waals surface area contributed by atoms with Crippen LogP contribution in [0.4, 0.5) is 9.18 Å². The number of carbonyl (C=O) groups is 4. The van der Waals surface area contributed by atoms with E-state index in [2.05, 4.69) is 5.32 Å². The number of benzene rings is 1. The van der Waals surface area contributed by atoms with Gasteiger partial charge < -0.3 is 10.1 Å². The number of Topliss-reactive ketones (excluding diaryl/α,β-unsaturated/α-hetero) is 1. The molecule has 3 amide bonds. The van der Waals surface area contributed by atoms with E-state index in [0.717, 1.165) is 23.8 Å². The molecule has 0 bridgehead atoms. The van der Waals surface area contributed by atoms with Gasteiger partial charge in [-0.15, -0.1) is 0 Å². The van der Waals surface area contributed by atoms with Crippen molar-refractivity contribution in [3.63, 3.8) is 0 Å². The van der Waals surface area contributed by atoms with Crippen LogP contribution in [-0.2, 0) is 14.3 Å². The zero-order valence-electron chi connectivity index (χ0n) is 14.7. The molecule has 0 saturated carbocycles. The molecular weight excluding hydrogens is 343 g/mol. The van der Waals surface area contributed by atoms with Crippen LogP contribution in [0.2, 0.25) is 0 Å². The van der Waals surface area contributed by atoms with Crippen LogP contribution in [0.3, 0.4) is 0 Å². The minimum Gasteiger partial charge on any atom is -0.456 e. The maximum Gasteiger partial charge on any atom is 0.326 e. The molecule has 1 fully saturated rings. The average Bonchev–Trinajstić information content (AvgIpc) is 2.81. The van der Waals surface area contributed by atoms with Gasteiger partial charge in [0, 0.05) is 5.56 Å². The fraction of sp³-hybridized carbons (Fsp3) is 0.444. The Morgan fingerprint density at radius 1 is 1.31 bits per heavy atom. The van der Waals surface area contributed by atoms with Crippen LogP contribution in [0, 0.1) is 5.82 Å².